The lowest BCUT2D eigenvalue weighted by Gasteiger charge is -2.18. The number of hydrogen-bond acceptors (Lipinski definition) is 1. The molecule has 0 fully saturated rings. The molecule has 0 heterocycles. The van der Waals surface area contributed by atoms with E-state index in [0.717, 1.165) is 19.6 Å². The van der Waals surface area contributed by atoms with Crippen molar-refractivity contribution in [3.8, 4) is 0 Å². The van der Waals surface area contributed by atoms with Crippen molar-refractivity contribution in [3.63, 3.8) is 0 Å². The third-order valence-electron chi connectivity index (χ3n) is 1.40. The lowest BCUT2D eigenvalue weighted by Crippen LogP contribution is -2.28. The summed E-state index contributed by atoms with van der Waals surface area (Å²) in [6.07, 6.45) is 0. The van der Waals surface area contributed by atoms with Gasteiger partial charge in [0, 0.05) is 11.9 Å². The molecule has 0 aliphatic carbocycles. The van der Waals surface area contributed by atoms with Gasteiger partial charge in [0.15, 0.2) is 0 Å². The lowest BCUT2D eigenvalue weighted by molar-refractivity contribution is 0.307. The van der Waals surface area contributed by atoms with Crippen LogP contribution >= 0.6 is 11.6 Å². The van der Waals surface area contributed by atoms with Crippen molar-refractivity contribution in [2.75, 3.05) is 19.6 Å². The first-order valence-electron chi connectivity index (χ1n) is 3.57. The fourth-order valence-corrected chi connectivity index (χ4v) is 1.03. The maximum atomic E-state index is 5.79. The third-order valence-corrected chi connectivity index (χ3v) is 1.54. The van der Waals surface area contributed by atoms with Gasteiger partial charge >= 0.3 is 0 Å². The molecule has 0 bridgehead atoms. The number of alkyl halides is 1. The molecule has 0 unspecified atom stereocenters. The normalized spacial score (nSPS) is 14.3. The van der Waals surface area contributed by atoms with Crippen LogP contribution in [0.4, 0.5) is 0 Å². The largest absolute Gasteiger partial charge is 0.302 e. The molecule has 0 N–H and O–H groups in total. The molecule has 0 aromatic rings. The molecule has 1 atom stereocenters. The standard InChI is InChI=1S/C7H16ClN/c1-4-9(5-2)6-7(3)8/h7H,4-6H2,1-3H3/t7-/m1/s1. The van der Waals surface area contributed by atoms with Gasteiger partial charge in [0.1, 0.15) is 0 Å². The van der Waals surface area contributed by atoms with Crippen LogP contribution in [0.3, 0.4) is 0 Å². The Hall–Kier alpha value is 0.250. The molecular weight excluding hydrogens is 134 g/mol. The highest BCUT2D eigenvalue weighted by atomic mass is 35.5. The molecule has 0 aliphatic rings. The van der Waals surface area contributed by atoms with E-state index in [1.165, 1.54) is 0 Å². The maximum absolute atomic E-state index is 5.79. The van der Waals surface area contributed by atoms with Gasteiger partial charge in [0.25, 0.3) is 0 Å². The molecule has 0 rings (SSSR count). The second-order valence-corrected chi connectivity index (χ2v) is 3.01. The minimum Gasteiger partial charge on any atom is -0.302 e. The Bertz CT molecular complexity index is 59.9. The summed E-state index contributed by atoms with van der Waals surface area (Å²) in [6.45, 7) is 9.56. The van der Waals surface area contributed by atoms with E-state index in [4.69, 9.17) is 11.6 Å². The van der Waals surface area contributed by atoms with Crippen molar-refractivity contribution in [1.82, 2.24) is 4.90 Å². The number of rotatable bonds is 4. The predicted molar refractivity (Wildman–Crippen MR) is 43.1 cm³/mol. The smallest absolute Gasteiger partial charge is 0.0435 e. The van der Waals surface area contributed by atoms with Crippen molar-refractivity contribution < 1.29 is 0 Å². The summed E-state index contributed by atoms with van der Waals surface area (Å²) in [6, 6.07) is 0. The molecule has 0 aromatic heterocycles. The van der Waals surface area contributed by atoms with Gasteiger partial charge < -0.3 is 4.90 Å². The van der Waals surface area contributed by atoms with E-state index in [9.17, 15) is 0 Å². The van der Waals surface area contributed by atoms with Gasteiger partial charge in [0.05, 0.1) is 0 Å². The zero-order valence-corrected chi connectivity index (χ0v) is 7.28. The molecule has 0 aliphatic heterocycles. The zero-order chi connectivity index (χ0) is 7.28. The molecule has 9 heavy (non-hydrogen) atoms. The highest BCUT2D eigenvalue weighted by molar-refractivity contribution is 6.20. The van der Waals surface area contributed by atoms with Gasteiger partial charge in [-0.15, -0.1) is 11.6 Å². The first-order valence-corrected chi connectivity index (χ1v) is 4.00. The van der Waals surface area contributed by atoms with Gasteiger partial charge in [-0.2, -0.15) is 0 Å². The van der Waals surface area contributed by atoms with E-state index in [2.05, 4.69) is 18.7 Å². The van der Waals surface area contributed by atoms with Crippen LogP contribution in [-0.4, -0.2) is 29.9 Å². The predicted octanol–water partition coefficient (Wildman–Crippen LogP) is 1.96. The molecule has 0 radical (unpaired) electrons. The fourth-order valence-electron chi connectivity index (χ4n) is 0.838. The summed E-state index contributed by atoms with van der Waals surface area (Å²) in [5.74, 6) is 0. The van der Waals surface area contributed by atoms with E-state index in [1.54, 1.807) is 0 Å². The molecule has 1 nitrogen and oxygen atoms in total. The summed E-state index contributed by atoms with van der Waals surface area (Å²) in [7, 11) is 0. The highest BCUT2D eigenvalue weighted by Gasteiger charge is 2.01. The summed E-state index contributed by atoms with van der Waals surface area (Å²) in [5, 5.41) is 0.282. The van der Waals surface area contributed by atoms with E-state index >= 15 is 0 Å². The Morgan fingerprint density at radius 3 is 1.89 bits per heavy atom. The van der Waals surface area contributed by atoms with Crippen LogP contribution in [0.15, 0.2) is 0 Å². The first-order chi connectivity index (χ1) is 4.20. The van der Waals surface area contributed by atoms with Crippen molar-refractivity contribution >= 4 is 11.6 Å². The molecule has 0 aromatic carbocycles. The minimum atomic E-state index is 0.282. The van der Waals surface area contributed by atoms with Gasteiger partial charge in [0.2, 0.25) is 0 Å². The van der Waals surface area contributed by atoms with Crippen LogP contribution < -0.4 is 0 Å². The topological polar surface area (TPSA) is 3.24 Å². The van der Waals surface area contributed by atoms with Crippen LogP contribution in [0.5, 0.6) is 0 Å². The minimum absolute atomic E-state index is 0.282. The Labute approximate surface area is 63.0 Å². The monoisotopic (exact) mass is 149 g/mol. The summed E-state index contributed by atoms with van der Waals surface area (Å²) in [4.78, 5) is 2.32. The number of nitrogens with zero attached hydrogens (tertiary/aromatic N) is 1. The average molecular weight is 150 g/mol. The quantitative estimate of drug-likeness (QED) is 0.553. The van der Waals surface area contributed by atoms with Gasteiger partial charge in [-0.3, -0.25) is 0 Å². The van der Waals surface area contributed by atoms with Crippen LogP contribution in [0.1, 0.15) is 20.8 Å². The Morgan fingerprint density at radius 1 is 1.33 bits per heavy atom. The van der Waals surface area contributed by atoms with E-state index < -0.39 is 0 Å². The van der Waals surface area contributed by atoms with E-state index in [0.29, 0.717) is 0 Å². The summed E-state index contributed by atoms with van der Waals surface area (Å²) >= 11 is 5.79. The third kappa shape index (κ3) is 4.73. The second kappa shape index (κ2) is 5.07. The molecule has 0 amide bonds. The van der Waals surface area contributed by atoms with E-state index in [1.807, 2.05) is 6.92 Å². The zero-order valence-electron chi connectivity index (χ0n) is 6.52. The van der Waals surface area contributed by atoms with Crippen molar-refractivity contribution in [1.29, 1.82) is 0 Å². The van der Waals surface area contributed by atoms with E-state index in [-0.39, 0.29) is 5.38 Å². The first kappa shape index (κ1) is 9.25. The molecular formula is C7H16ClN. The Kier molecular flexibility index (Phi) is 5.21. The average Bonchev–Trinajstić information content (AvgIpc) is 1.82. The summed E-state index contributed by atoms with van der Waals surface area (Å²) in [5.41, 5.74) is 0. The van der Waals surface area contributed by atoms with Crippen LogP contribution in [-0.2, 0) is 0 Å². The molecule has 0 saturated heterocycles. The lowest BCUT2D eigenvalue weighted by atomic mass is 10.4. The van der Waals surface area contributed by atoms with Gasteiger partial charge in [-0.25, -0.2) is 0 Å². The second-order valence-electron chi connectivity index (χ2n) is 2.27. The van der Waals surface area contributed by atoms with Crippen molar-refractivity contribution in [2.45, 2.75) is 26.1 Å². The highest BCUT2D eigenvalue weighted by Crippen LogP contribution is 1.97. The number of hydrogen-bond donors (Lipinski definition) is 0. The van der Waals surface area contributed by atoms with Crippen molar-refractivity contribution in [3.05, 3.63) is 0 Å². The Balaban J connectivity index is 3.31. The Morgan fingerprint density at radius 2 is 1.78 bits per heavy atom. The molecule has 2 heteroatoms. The maximum Gasteiger partial charge on any atom is 0.0435 e. The molecule has 0 spiro atoms. The molecule has 0 saturated carbocycles. The van der Waals surface area contributed by atoms with Gasteiger partial charge in [-0.1, -0.05) is 13.8 Å². The van der Waals surface area contributed by atoms with Crippen LogP contribution in [0.25, 0.3) is 0 Å². The van der Waals surface area contributed by atoms with Gasteiger partial charge in [-0.05, 0) is 20.0 Å². The van der Waals surface area contributed by atoms with Crippen LogP contribution in [0.2, 0.25) is 0 Å². The van der Waals surface area contributed by atoms with Crippen molar-refractivity contribution in [2.24, 2.45) is 0 Å². The summed E-state index contributed by atoms with van der Waals surface area (Å²) < 4.78 is 0. The van der Waals surface area contributed by atoms with Crippen LogP contribution in [0, 0.1) is 0 Å². The SMILES string of the molecule is CCN(CC)C[C@@H](C)Cl. The fraction of sp³-hybridized carbons (Fsp3) is 1.00. The number of halogens is 1. The molecule has 56 valence electrons.